The quantitative estimate of drug-likeness (QED) is 0.501. The fourth-order valence-corrected chi connectivity index (χ4v) is 2.94. The van der Waals surface area contributed by atoms with Crippen LogP contribution in [-0.4, -0.2) is 49.1 Å². The molecule has 0 saturated carbocycles. The van der Waals surface area contributed by atoms with Crippen LogP contribution < -0.4 is 10.6 Å². The summed E-state index contributed by atoms with van der Waals surface area (Å²) in [6.07, 6.45) is 5.13. The zero-order valence-corrected chi connectivity index (χ0v) is 14.7. The van der Waals surface area contributed by atoms with E-state index in [9.17, 15) is 0 Å². The van der Waals surface area contributed by atoms with Gasteiger partial charge in [-0.1, -0.05) is 42.5 Å². The number of hydrogen-bond acceptors (Lipinski definition) is 3. The molecule has 1 aliphatic heterocycles. The molecule has 2 aromatic rings. The van der Waals surface area contributed by atoms with E-state index in [1.165, 1.54) is 11.1 Å². The Balaban J connectivity index is 1.47. The second-order valence-electron chi connectivity index (χ2n) is 5.91. The predicted molar refractivity (Wildman–Crippen MR) is 105 cm³/mol. The van der Waals surface area contributed by atoms with E-state index in [2.05, 4.69) is 61.9 Å². The molecule has 5 heteroatoms. The molecule has 0 spiro atoms. The summed E-state index contributed by atoms with van der Waals surface area (Å²) in [5.41, 5.74) is 2.74. The number of anilines is 1. The smallest absolute Gasteiger partial charge is 0.194 e. The summed E-state index contributed by atoms with van der Waals surface area (Å²) in [5, 5.41) is 6.72. The van der Waals surface area contributed by atoms with E-state index < -0.39 is 0 Å². The van der Waals surface area contributed by atoms with Gasteiger partial charge in [-0.2, -0.15) is 0 Å². The highest BCUT2D eigenvalue weighted by atomic mass is 15.3. The minimum Gasteiger partial charge on any atom is -0.368 e. The van der Waals surface area contributed by atoms with Gasteiger partial charge in [-0.25, -0.2) is 4.98 Å². The van der Waals surface area contributed by atoms with Gasteiger partial charge in [-0.15, -0.1) is 0 Å². The van der Waals surface area contributed by atoms with Gasteiger partial charge in [0.25, 0.3) is 0 Å². The van der Waals surface area contributed by atoms with E-state index in [1.807, 2.05) is 25.2 Å². The number of guanidine groups is 1. The first-order valence-corrected chi connectivity index (χ1v) is 8.72. The lowest BCUT2D eigenvalue weighted by Crippen LogP contribution is -2.44. The maximum atomic E-state index is 4.41. The maximum Gasteiger partial charge on any atom is 0.194 e. The number of aromatic nitrogens is 1. The first-order chi connectivity index (χ1) is 12.4. The van der Waals surface area contributed by atoms with Crippen LogP contribution in [0.1, 0.15) is 12.0 Å². The molecule has 25 heavy (non-hydrogen) atoms. The highest BCUT2D eigenvalue weighted by molar-refractivity contribution is 5.81. The van der Waals surface area contributed by atoms with Crippen molar-refractivity contribution in [3.63, 3.8) is 0 Å². The normalized spacial score (nSPS) is 14.8. The molecule has 2 N–H and O–H groups in total. The zero-order chi connectivity index (χ0) is 17.3. The van der Waals surface area contributed by atoms with Gasteiger partial charge in [0.05, 0.1) is 0 Å². The Labute approximate surface area is 149 Å². The van der Waals surface area contributed by atoms with Crippen LogP contribution in [0.3, 0.4) is 0 Å². The summed E-state index contributed by atoms with van der Waals surface area (Å²) in [7, 11) is 1.84. The number of nitrogens with zero attached hydrogens (tertiary/aromatic N) is 3. The van der Waals surface area contributed by atoms with Crippen LogP contribution in [0, 0.1) is 0 Å². The number of pyridine rings is 1. The third kappa shape index (κ3) is 4.83. The summed E-state index contributed by atoms with van der Waals surface area (Å²) < 4.78 is 0. The van der Waals surface area contributed by atoms with Crippen LogP contribution in [0.5, 0.6) is 0 Å². The SMILES string of the molecule is CN=C(NCCNc1ccccn1)N1CC=C(c2ccccc2)CC1. The van der Waals surface area contributed by atoms with Gasteiger partial charge >= 0.3 is 0 Å². The fraction of sp³-hybridized carbons (Fsp3) is 0.300. The van der Waals surface area contributed by atoms with Gasteiger partial charge in [-0.3, -0.25) is 4.99 Å². The third-order valence-corrected chi connectivity index (χ3v) is 4.24. The van der Waals surface area contributed by atoms with Crippen LogP contribution in [0.4, 0.5) is 5.82 Å². The molecule has 0 amide bonds. The van der Waals surface area contributed by atoms with E-state index in [1.54, 1.807) is 6.20 Å². The van der Waals surface area contributed by atoms with Crippen LogP contribution in [0.2, 0.25) is 0 Å². The van der Waals surface area contributed by atoms with Crippen molar-refractivity contribution in [3.05, 3.63) is 66.4 Å². The van der Waals surface area contributed by atoms with Gasteiger partial charge in [0.2, 0.25) is 0 Å². The summed E-state index contributed by atoms with van der Waals surface area (Å²) in [5.74, 6) is 1.85. The molecule has 3 rings (SSSR count). The van der Waals surface area contributed by atoms with E-state index in [-0.39, 0.29) is 0 Å². The number of nitrogens with one attached hydrogen (secondary N) is 2. The van der Waals surface area contributed by atoms with Crippen molar-refractivity contribution in [2.24, 2.45) is 4.99 Å². The molecule has 0 saturated heterocycles. The monoisotopic (exact) mass is 335 g/mol. The third-order valence-electron chi connectivity index (χ3n) is 4.24. The average Bonchev–Trinajstić information content (AvgIpc) is 2.70. The van der Waals surface area contributed by atoms with Gasteiger partial charge in [0.1, 0.15) is 5.82 Å². The maximum absolute atomic E-state index is 4.41. The van der Waals surface area contributed by atoms with Crippen molar-refractivity contribution >= 4 is 17.4 Å². The predicted octanol–water partition coefficient (Wildman–Crippen LogP) is 2.86. The van der Waals surface area contributed by atoms with Gasteiger partial charge in [0, 0.05) is 39.4 Å². The molecule has 0 bridgehead atoms. The second-order valence-corrected chi connectivity index (χ2v) is 5.91. The topological polar surface area (TPSA) is 52.6 Å². The Kier molecular flexibility index (Phi) is 6.04. The zero-order valence-electron chi connectivity index (χ0n) is 14.7. The van der Waals surface area contributed by atoms with Gasteiger partial charge in [0.15, 0.2) is 5.96 Å². The summed E-state index contributed by atoms with van der Waals surface area (Å²) in [6, 6.07) is 16.5. The van der Waals surface area contributed by atoms with Crippen LogP contribution >= 0.6 is 0 Å². The molecule has 1 aliphatic rings. The molecule has 5 nitrogen and oxygen atoms in total. The molecule has 130 valence electrons. The van der Waals surface area contributed by atoms with Crippen LogP contribution in [0.15, 0.2) is 65.8 Å². The van der Waals surface area contributed by atoms with Crippen molar-refractivity contribution in [2.45, 2.75) is 6.42 Å². The molecule has 0 unspecified atom stereocenters. The minimum atomic E-state index is 0.801. The summed E-state index contributed by atoms with van der Waals surface area (Å²) in [4.78, 5) is 11.0. The van der Waals surface area contributed by atoms with Crippen LogP contribution in [-0.2, 0) is 0 Å². The second kappa shape index (κ2) is 8.87. The van der Waals surface area contributed by atoms with E-state index in [0.29, 0.717) is 0 Å². The first-order valence-electron chi connectivity index (χ1n) is 8.72. The number of hydrogen-bond donors (Lipinski definition) is 2. The average molecular weight is 335 g/mol. The van der Waals surface area contributed by atoms with E-state index >= 15 is 0 Å². The molecule has 0 aliphatic carbocycles. The summed E-state index contributed by atoms with van der Waals surface area (Å²) in [6.45, 7) is 3.47. The number of rotatable bonds is 5. The molecule has 0 radical (unpaired) electrons. The lowest BCUT2D eigenvalue weighted by atomic mass is 10.00. The number of benzene rings is 1. The largest absolute Gasteiger partial charge is 0.368 e. The molecular formula is C20H25N5. The van der Waals surface area contributed by atoms with Crippen molar-refractivity contribution < 1.29 is 0 Å². The Bertz CT molecular complexity index is 709. The molecule has 2 heterocycles. The van der Waals surface area contributed by atoms with Crippen molar-refractivity contribution in [1.82, 2.24) is 15.2 Å². The Morgan fingerprint density at radius 3 is 2.64 bits per heavy atom. The van der Waals surface area contributed by atoms with E-state index in [4.69, 9.17) is 0 Å². The minimum absolute atomic E-state index is 0.801. The van der Waals surface area contributed by atoms with Crippen molar-refractivity contribution in [3.8, 4) is 0 Å². The van der Waals surface area contributed by atoms with Crippen molar-refractivity contribution in [1.29, 1.82) is 0 Å². The molecule has 1 aromatic carbocycles. The summed E-state index contributed by atoms with van der Waals surface area (Å²) >= 11 is 0. The van der Waals surface area contributed by atoms with Gasteiger partial charge < -0.3 is 15.5 Å². The van der Waals surface area contributed by atoms with Crippen molar-refractivity contribution in [2.75, 3.05) is 38.5 Å². The molecular weight excluding hydrogens is 310 g/mol. The lowest BCUT2D eigenvalue weighted by molar-refractivity contribution is 0.441. The highest BCUT2D eigenvalue weighted by Gasteiger charge is 2.15. The first kappa shape index (κ1) is 17.0. The Hall–Kier alpha value is -2.82. The molecule has 0 atom stereocenters. The van der Waals surface area contributed by atoms with Crippen LogP contribution in [0.25, 0.3) is 5.57 Å². The molecule has 1 aromatic heterocycles. The van der Waals surface area contributed by atoms with Gasteiger partial charge in [-0.05, 0) is 29.7 Å². The highest BCUT2D eigenvalue weighted by Crippen LogP contribution is 2.21. The Morgan fingerprint density at radius 1 is 1.12 bits per heavy atom. The molecule has 0 fully saturated rings. The lowest BCUT2D eigenvalue weighted by Gasteiger charge is -2.29. The Morgan fingerprint density at radius 2 is 1.96 bits per heavy atom. The standard InChI is InChI=1S/C20H25N5/c1-21-20(24-14-13-23-19-9-5-6-12-22-19)25-15-10-18(11-16-25)17-7-3-2-4-8-17/h2-10,12H,11,13-16H2,1H3,(H,21,24)(H,22,23). The fourth-order valence-electron chi connectivity index (χ4n) is 2.94. The number of aliphatic imine (C=N–C) groups is 1. The van der Waals surface area contributed by atoms with E-state index in [0.717, 1.165) is 44.4 Å².